The monoisotopic (exact) mass is 1450 g/mol. The van der Waals surface area contributed by atoms with Crippen molar-refractivity contribution in [3.63, 3.8) is 0 Å². The number of ether oxygens (including phenoxy) is 7. The summed E-state index contributed by atoms with van der Waals surface area (Å²) in [4.78, 5) is 50.9. The summed E-state index contributed by atoms with van der Waals surface area (Å²) < 4.78 is 64.9. The van der Waals surface area contributed by atoms with Gasteiger partial charge in [-0.25, -0.2) is 9.36 Å². The number of hydrogen-bond donors (Lipinski definition) is 11. The lowest BCUT2D eigenvalue weighted by Gasteiger charge is -2.49. The SMILES string of the molecule is CCCCCCCCCCCCC/C=C/C=C/C(=O)OC(COC(=O)CCCCCCCCCCCCCCCCCC)COP(=O)(O)OC1C(OC2OC(CO)C(O)C(O)C2O)C(O)C(O)C(O)C1OC1OC(COC(=O)CCCCCCCCCCCCCCCC)C(O)C(O)C1O. The van der Waals surface area contributed by atoms with Gasteiger partial charge in [0, 0.05) is 18.9 Å². The fraction of sp³-hybridized carbons (Fsp3) is 0.907. The largest absolute Gasteiger partial charge is 0.472 e. The van der Waals surface area contributed by atoms with E-state index in [0.717, 1.165) is 96.0 Å². The summed E-state index contributed by atoms with van der Waals surface area (Å²) in [5, 5.41) is 110. The maximum absolute atomic E-state index is 14.3. The second kappa shape index (κ2) is 56.7. The zero-order valence-electron chi connectivity index (χ0n) is 61.2. The first-order chi connectivity index (χ1) is 48.3. The van der Waals surface area contributed by atoms with Gasteiger partial charge in [-0.2, -0.15) is 0 Å². The number of hydrogen-bond acceptors (Lipinski definition) is 23. The smallest absolute Gasteiger partial charge is 0.463 e. The number of phosphoric acid groups is 1. The van der Waals surface area contributed by atoms with E-state index in [1.165, 1.54) is 173 Å². The highest BCUT2D eigenvalue weighted by atomic mass is 31.2. The van der Waals surface area contributed by atoms with Crippen LogP contribution >= 0.6 is 7.82 Å². The molecule has 0 aromatic heterocycles. The molecule has 1 saturated carbocycles. The van der Waals surface area contributed by atoms with Crippen molar-refractivity contribution in [3.05, 3.63) is 24.3 Å². The van der Waals surface area contributed by atoms with E-state index in [-0.39, 0.29) is 12.8 Å². The van der Waals surface area contributed by atoms with Crippen LogP contribution in [0, 0.1) is 0 Å². The number of allylic oxidation sites excluding steroid dienone is 3. The number of carbonyl (C=O) groups is 3. The molecular weight excluding hydrogens is 1320 g/mol. The molecule has 586 valence electrons. The van der Waals surface area contributed by atoms with Crippen molar-refractivity contribution < 1.29 is 117 Å². The lowest BCUT2D eigenvalue weighted by Crippen LogP contribution is -2.69. The third kappa shape index (κ3) is 39.2. The zero-order chi connectivity index (χ0) is 73.2. The lowest BCUT2D eigenvalue weighted by molar-refractivity contribution is -0.360. The number of rotatable bonds is 61. The van der Waals surface area contributed by atoms with E-state index >= 15 is 0 Å². The average molecular weight is 1450 g/mol. The normalized spacial score (nSPS) is 27.4. The van der Waals surface area contributed by atoms with Gasteiger partial charge in [0.1, 0.15) is 98.7 Å². The van der Waals surface area contributed by atoms with Crippen LogP contribution in [0.2, 0.25) is 0 Å². The van der Waals surface area contributed by atoms with Gasteiger partial charge in [0.2, 0.25) is 0 Å². The van der Waals surface area contributed by atoms with E-state index in [9.17, 15) is 74.9 Å². The first-order valence-electron chi connectivity index (χ1n) is 39.2. The second-order valence-electron chi connectivity index (χ2n) is 28.2. The van der Waals surface area contributed by atoms with Crippen molar-refractivity contribution in [2.24, 2.45) is 0 Å². The fourth-order valence-corrected chi connectivity index (χ4v) is 13.9. The van der Waals surface area contributed by atoms with E-state index in [4.69, 9.17) is 42.2 Å². The molecule has 0 aromatic carbocycles. The third-order valence-corrected chi connectivity index (χ3v) is 20.3. The molecule has 100 heavy (non-hydrogen) atoms. The molecular formula is C75H137O24P. The van der Waals surface area contributed by atoms with Crippen molar-refractivity contribution in [1.29, 1.82) is 0 Å². The Morgan fingerprint density at radius 2 is 0.760 bits per heavy atom. The fourth-order valence-electron chi connectivity index (χ4n) is 13.0. The lowest BCUT2D eigenvalue weighted by atomic mass is 9.84. The molecule has 0 spiro atoms. The van der Waals surface area contributed by atoms with Crippen LogP contribution < -0.4 is 0 Å². The van der Waals surface area contributed by atoms with Crippen LogP contribution in [-0.4, -0.2) is 204 Å². The van der Waals surface area contributed by atoms with Crippen LogP contribution in [0.1, 0.15) is 303 Å². The minimum atomic E-state index is -5.72. The van der Waals surface area contributed by atoms with Crippen molar-refractivity contribution >= 4 is 25.7 Å². The van der Waals surface area contributed by atoms with Gasteiger partial charge >= 0.3 is 25.7 Å². The molecule has 0 amide bonds. The van der Waals surface area contributed by atoms with Crippen molar-refractivity contribution in [2.45, 2.75) is 407 Å². The van der Waals surface area contributed by atoms with E-state index in [0.29, 0.717) is 12.8 Å². The van der Waals surface area contributed by atoms with Crippen molar-refractivity contribution in [3.8, 4) is 0 Å². The molecule has 2 aliphatic heterocycles. The molecule has 2 saturated heterocycles. The van der Waals surface area contributed by atoms with Gasteiger partial charge in [-0.15, -0.1) is 0 Å². The molecule has 3 fully saturated rings. The Hall–Kier alpha value is -2.56. The number of unbranched alkanes of at least 4 members (excludes halogenated alkanes) is 39. The summed E-state index contributed by atoms with van der Waals surface area (Å²) in [5.74, 6) is -2.23. The molecule has 18 unspecified atom stereocenters. The van der Waals surface area contributed by atoms with Gasteiger partial charge in [-0.05, 0) is 25.7 Å². The van der Waals surface area contributed by atoms with E-state index in [1.807, 2.05) is 6.08 Å². The van der Waals surface area contributed by atoms with Crippen molar-refractivity contribution in [1.82, 2.24) is 0 Å². The molecule has 11 N–H and O–H groups in total. The Labute approximate surface area is 598 Å². The van der Waals surface area contributed by atoms with Gasteiger partial charge < -0.3 is 89.1 Å². The van der Waals surface area contributed by atoms with Gasteiger partial charge in [-0.1, -0.05) is 283 Å². The highest BCUT2D eigenvalue weighted by Crippen LogP contribution is 2.49. The number of carbonyl (C=O) groups excluding carboxylic acids is 3. The molecule has 1 aliphatic carbocycles. The standard InChI is InChI=1S/C75H137O24P/c1-4-7-10-13-16-19-22-25-28-30-32-35-37-40-43-46-49-59(77)91-53-56(94-61(79)51-48-45-42-39-36-33-29-26-23-20-17-14-11-8-5-2)54-93-100(89,90)99-73-71(97-74-69(87)64(82)62(80)57(52-76)95-74)67(85)66(84)68(86)72(73)98-75-70(88)65(83)63(81)58(96-75)55-92-60(78)50-47-44-41-38-34-31-27-24-21-18-15-12-9-6-3/h42,45,48,51,56-58,62-76,80-88H,4-41,43-44,46-47,49-50,52-55H2,1-3H3,(H,89,90)/b45-42+,51-48+. The molecule has 2 heterocycles. The second-order valence-corrected chi connectivity index (χ2v) is 29.6. The Balaban J connectivity index is 1.74. The molecule has 25 heteroatoms. The van der Waals surface area contributed by atoms with Crippen LogP contribution in [0.3, 0.4) is 0 Å². The maximum atomic E-state index is 14.3. The van der Waals surface area contributed by atoms with Gasteiger partial charge in [0.05, 0.1) is 13.2 Å². The first kappa shape index (κ1) is 91.6. The first-order valence-corrected chi connectivity index (χ1v) is 40.7. The molecule has 18 atom stereocenters. The van der Waals surface area contributed by atoms with Crippen LogP contribution in [0.5, 0.6) is 0 Å². The number of aliphatic hydroxyl groups is 10. The van der Waals surface area contributed by atoms with Gasteiger partial charge in [0.25, 0.3) is 0 Å². The molecule has 24 nitrogen and oxygen atoms in total. The van der Waals surface area contributed by atoms with Crippen LogP contribution in [0.25, 0.3) is 0 Å². The van der Waals surface area contributed by atoms with E-state index in [1.54, 1.807) is 6.08 Å². The number of phosphoric ester groups is 1. The Kier molecular flexibility index (Phi) is 52.0. The Bertz CT molecular complexity index is 2160. The summed E-state index contributed by atoms with van der Waals surface area (Å²) in [6, 6.07) is 0. The Morgan fingerprint density at radius 1 is 0.410 bits per heavy atom. The van der Waals surface area contributed by atoms with Crippen LogP contribution in [0.15, 0.2) is 24.3 Å². The highest BCUT2D eigenvalue weighted by Gasteiger charge is 2.58. The quantitative estimate of drug-likeness (QED) is 0.00673. The van der Waals surface area contributed by atoms with Crippen molar-refractivity contribution in [2.75, 3.05) is 26.4 Å². The molecule has 0 bridgehead atoms. The predicted octanol–water partition coefficient (Wildman–Crippen LogP) is 11.3. The van der Waals surface area contributed by atoms with E-state index < -0.39 is 156 Å². The summed E-state index contributed by atoms with van der Waals surface area (Å²) in [7, 11) is -5.72. The minimum absolute atomic E-state index is 0.0285. The minimum Gasteiger partial charge on any atom is -0.463 e. The Morgan fingerprint density at radius 3 is 1.16 bits per heavy atom. The van der Waals surface area contributed by atoms with Crippen LogP contribution in [0.4, 0.5) is 0 Å². The summed E-state index contributed by atoms with van der Waals surface area (Å²) in [6.07, 6.45) is 18.7. The highest BCUT2D eigenvalue weighted by molar-refractivity contribution is 7.47. The van der Waals surface area contributed by atoms with Gasteiger partial charge in [0.15, 0.2) is 18.7 Å². The molecule has 3 rings (SSSR count). The predicted molar refractivity (Wildman–Crippen MR) is 379 cm³/mol. The third-order valence-electron chi connectivity index (χ3n) is 19.3. The number of aliphatic hydroxyl groups excluding tert-OH is 10. The molecule has 0 radical (unpaired) electrons. The average Bonchev–Trinajstić information content (AvgIpc) is 0.762. The maximum Gasteiger partial charge on any atom is 0.472 e. The summed E-state index contributed by atoms with van der Waals surface area (Å²) in [6.45, 7) is 3.37. The zero-order valence-corrected chi connectivity index (χ0v) is 62.1. The van der Waals surface area contributed by atoms with Crippen LogP contribution in [-0.2, 0) is 61.2 Å². The van der Waals surface area contributed by atoms with E-state index in [2.05, 4.69) is 20.8 Å². The molecule has 0 aromatic rings. The summed E-state index contributed by atoms with van der Waals surface area (Å²) in [5.41, 5.74) is 0. The molecule has 3 aliphatic rings. The van der Waals surface area contributed by atoms with Gasteiger partial charge in [-0.3, -0.25) is 18.6 Å². The summed E-state index contributed by atoms with van der Waals surface area (Å²) >= 11 is 0. The number of esters is 3. The topological polar surface area (TPSA) is 374 Å².